The van der Waals surface area contributed by atoms with E-state index in [2.05, 4.69) is 6.92 Å². The molecule has 0 heterocycles. The molecule has 0 spiro atoms. The van der Waals surface area contributed by atoms with E-state index in [1.807, 2.05) is 0 Å². The molecule has 0 bridgehead atoms. The van der Waals surface area contributed by atoms with Crippen molar-refractivity contribution in [2.24, 2.45) is 17.8 Å². The minimum atomic E-state index is -0.937. The summed E-state index contributed by atoms with van der Waals surface area (Å²) in [4.78, 5) is 0. The van der Waals surface area contributed by atoms with Crippen LogP contribution in [0, 0.1) is 29.4 Å². The molecule has 2 nitrogen and oxygen atoms in total. The first-order chi connectivity index (χ1) is 13.6. The Labute approximate surface area is 169 Å². The Morgan fingerprint density at radius 2 is 1.46 bits per heavy atom. The molecule has 2 fully saturated rings. The van der Waals surface area contributed by atoms with E-state index in [0.717, 1.165) is 31.6 Å². The van der Waals surface area contributed by atoms with Gasteiger partial charge in [-0.25, -0.2) is 0 Å². The summed E-state index contributed by atoms with van der Waals surface area (Å²) in [7, 11) is 0. The van der Waals surface area contributed by atoms with E-state index in [4.69, 9.17) is 9.47 Å². The van der Waals surface area contributed by atoms with Gasteiger partial charge in [0.1, 0.15) is 6.10 Å². The van der Waals surface area contributed by atoms with Gasteiger partial charge in [-0.1, -0.05) is 51.9 Å². The lowest BCUT2D eigenvalue weighted by atomic mass is 9.72. The van der Waals surface area contributed by atoms with Gasteiger partial charge in [0, 0.05) is 0 Å². The molecule has 4 heteroatoms. The number of benzene rings is 1. The highest BCUT2D eigenvalue weighted by atomic mass is 19.2. The Kier molecular flexibility index (Phi) is 7.99. The second kappa shape index (κ2) is 10.5. The monoisotopic (exact) mass is 394 g/mol. The Bertz CT molecular complexity index is 605. The van der Waals surface area contributed by atoms with E-state index in [9.17, 15) is 8.78 Å². The first kappa shape index (κ1) is 21.4. The molecule has 2 aliphatic carbocycles. The SMILES string of the molecule is CCCC1CCC(C(Oc2ccc(OCC)c(F)c2F)C2CCCCC2)CC1. The molecule has 2 saturated carbocycles. The Morgan fingerprint density at radius 3 is 2.11 bits per heavy atom. The van der Waals surface area contributed by atoms with E-state index >= 15 is 0 Å². The molecule has 3 rings (SSSR count). The van der Waals surface area contributed by atoms with Crippen molar-refractivity contribution < 1.29 is 18.3 Å². The molecule has 1 aromatic rings. The highest BCUT2D eigenvalue weighted by Gasteiger charge is 2.35. The van der Waals surface area contributed by atoms with E-state index < -0.39 is 11.6 Å². The van der Waals surface area contributed by atoms with Gasteiger partial charge in [-0.15, -0.1) is 0 Å². The number of hydrogen-bond acceptors (Lipinski definition) is 2. The maximum absolute atomic E-state index is 14.7. The lowest BCUT2D eigenvalue weighted by molar-refractivity contribution is 0.0278. The first-order valence-corrected chi connectivity index (χ1v) is 11.4. The van der Waals surface area contributed by atoms with Crippen LogP contribution in [0.2, 0.25) is 0 Å². The lowest BCUT2D eigenvalue weighted by Gasteiger charge is -2.39. The summed E-state index contributed by atoms with van der Waals surface area (Å²) < 4.78 is 40.4. The van der Waals surface area contributed by atoms with Crippen molar-refractivity contribution >= 4 is 0 Å². The van der Waals surface area contributed by atoms with Gasteiger partial charge in [-0.05, 0) is 62.5 Å². The fraction of sp³-hybridized carbons (Fsp3) is 0.750. The number of halogens is 2. The standard InChI is InChI=1S/C24H36F2O2/c1-3-8-17-11-13-19(14-12-17)24(18-9-6-5-7-10-18)28-21-16-15-20(27-4-2)22(25)23(21)26/h15-19,24H,3-14H2,1-2H3. The molecule has 1 aromatic carbocycles. The quantitative estimate of drug-likeness (QED) is 0.460. The third-order valence-electron chi connectivity index (χ3n) is 6.74. The van der Waals surface area contributed by atoms with Crippen molar-refractivity contribution in [3.8, 4) is 11.5 Å². The van der Waals surface area contributed by atoms with Gasteiger partial charge in [-0.2, -0.15) is 8.78 Å². The number of hydrogen-bond donors (Lipinski definition) is 0. The fourth-order valence-corrected chi connectivity index (χ4v) is 5.27. The summed E-state index contributed by atoms with van der Waals surface area (Å²) >= 11 is 0. The summed E-state index contributed by atoms with van der Waals surface area (Å²) in [5.41, 5.74) is 0. The average Bonchev–Trinajstić information content (AvgIpc) is 2.73. The molecular weight excluding hydrogens is 358 g/mol. The molecule has 1 unspecified atom stereocenters. The van der Waals surface area contributed by atoms with Crippen molar-refractivity contribution in [1.29, 1.82) is 0 Å². The highest BCUT2D eigenvalue weighted by Crippen LogP contribution is 2.41. The maximum Gasteiger partial charge on any atom is 0.204 e. The van der Waals surface area contributed by atoms with E-state index in [1.165, 1.54) is 51.0 Å². The first-order valence-electron chi connectivity index (χ1n) is 11.4. The predicted octanol–water partition coefficient (Wildman–Crippen LogP) is 7.30. The smallest absolute Gasteiger partial charge is 0.204 e. The minimum absolute atomic E-state index is 0.00489. The van der Waals surface area contributed by atoms with Crippen LogP contribution in [0.3, 0.4) is 0 Å². The molecule has 0 amide bonds. The highest BCUT2D eigenvalue weighted by molar-refractivity contribution is 5.35. The summed E-state index contributed by atoms with van der Waals surface area (Å²) in [5, 5.41) is 0. The lowest BCUT2D eigenvalue weighted by Crippen LogP contribution is -2.38. The summed E-state index contributed by atoms with van der Waals surface area (Å²) in [6.07, 6.45) is 13.3. The maximum atomic E-state index is 14.7. The fourth-order valence-electron chi connectivity index (χ4n) is 5.27. The zero-order chi connectivity index (χ0) is 19.9. The van der Waals surface area contributed by atoms with Gasteiger partial charge < -0.3 is 9.47 Å². The van der Waals surface area contributed by atoms with Crippen molar-refractivity contribution in [3.63, 3.8) is 0 Å². The van der Waals surface area contributed by atoms with Crippen LogP contribution in [0.15, 0.2) is 12.1 Å². The van der Waals surface area contributed by atoms with E-state index in [-0.39, 0.29) is 17.6 Å². The van der Waals surface area contributed by atoms with Crippen LogP contribution in [0.1, 0.15) is 84.5 Å². The van der Waals surface area contributed by atoms with Crippen LogP contribution in [0.4, 0.5) is 8.78 Å². The van der Waals surface area contributed by atoms with Crippen molar-refractivity contribution in [3.05, 3.63) is 23.8 Å². The Hall–Kier alpha value is -1.32. The molecule has 0 saturated heterocycles. The summed E-state index contributed by atoms with van der Waals surface area (Å²) in [6.45, 7) is 4.32. The van der Waals surface area contributed by atoms with Gasteiger partial charge in [0.15, 0.2) is 11.5 Å². The van der Waals surface area contributed by atoms with Crippen molar-refractivity contribution in [2.75, 3.05) is 6.61 Å². The molecule has 2 aliphatic rings. The Morgan fingerprint density at radius 1 is 0.857 bits per heavy atom. The van der Waals surface area contributed by atoms with Gasteiger partial charge in [0.25, 0.3) is 0 Å². The zero-order valence-electron chi connectivity index (χ0n) is 17.5. The second-order valence-electron chi connectivity index (χ2n) is 8.67. The van der Waals surface area contributed by atoms with E-state index in [0.29, 0.717) is 18.4 Å². The largest absolute Gasteiger partial charge is 0.491 e. The zero-order valence-corrected chi connectivity index (χ0v) is 17.5. The third-order valence-corrected chi connectivity index (χ3v) is 6.74. The van der Waals surface area contributed by atoms with Crippen LogP contribution in [-0.4, -0.2) is 12.7 Å². The summed E-state index contributed by atoms with van der Waals surface area (Å²) in [5.74, 6) is -0.109. The number of rotatable bonds is 8. The van der Waals surface area contributed by atoms with Crippen LogP contribution in [-0.2, 0) is 0 Å². The summed E-state index contributed by atoms with van der Waals surface area (Å²) in [6, 6.07) is 3.04. The third kappa shape index (κ3) is 5.18. The van der Waals surface area contributed by atoms with Crippen LogP contribution >= 0.6 is 0 Å². The average molecular weight is 395 g/mol. The molecule has 0 aliphatic heterocycles. The Balaban J connectivity index is 1.75. The van der Waals surface area contributed by atoms with Gasteiger partial charge in [-0.3, -0.25) is 0 Å². The minimum Gasteiger partial charge on any atom is -0.491 e. The molecule has 0 aromatic heterocycles. The molecule has 0 radical (unpaired) electrons. The second-order valence-corrected chi connectivity index (χ2v) is 8.67. The van der Waals surface area contributed by atoms with E-state index in [1.54, 1.807) is 13.0 Å². The van der Waals surface area contributed by atoms with Gasteiger partial charge in [0.2, 0.25) is 11.6 Å². The van der Waals surface area contributed by atoms with Gasteiger partial charge >= 0.3 is 0 Å². The van der Waals surface area contributed by atoms with Crippen molar-refractivity contribution in [2.45, 2.75) is 90.6 Å². The van der Waals surface area contributed by atoms with Crippen molar-refractivity contribution in [1.82, 2.24) is 0 Å². The molecule has 158 valence electrons. The topological polar surface area (TPSA) is 18.5 Å². The molecule has 0 N–H and O–H groups in total. The predicted molar refractivity (Wildman–Crippen MR) is 109 cm³/mol. The van der Waals surface area contributed by atoms with Crippen LogP contribution in [0.25, 0.3) is 0 Å². The van der Waals surface area contributed by atoms with Crippen LogP contribution in [0.5, 0.6) is 11.5 Å². The molecule has 28 heavy (non-hydrogen) atoms. The molecular formula is C24H36F2O2. The van der Waals surface area contributed by atoms with Crippen LogP contribution < -0.4 is 9.47 Å². The van der Waals surface area contributed by atoms with Gasteiger partial charge in [0.05, 0.1) is 6.61 Å². The number of ether oxygens (including phenoxy) is 2. The normalized spacial score (nSPS) is 24.7. The molecule has 1 atom stereocenters.